The average molecular weight is 362 g/mol. The van der Waals surface area contributed by atoms with E-state index < -0.39 is 10.0 Å². The van der Waals surface area contributed by atoms with Crippen molar-refractivity contribution in [1.82, 2.24) is 19.0 Å². The van der Waals surface area contributed by atoms with Gasteiger partial charge >= 0.3 is 0 Å². The Kier molecular flexibility index (Phi) is 8.11. The Labute approximate surface area is 145 Å². The summed E-state index contributed by atoms with van der Waals surface area (Å²) in [5.74, 6) is -0.0866. The Morgan fingerprint density at radius 3 is 2.21 bits per heavy atom. The summed E-state index contributed by atoms with van der Waals surface area (Å²) < 4.78 is 23.9. The van der Waals surface area contributed by atoms with Crippen LogP contribution in [0.25, 0.3) is 0 Å². The van der Waals surface area contributed by atoms with E-state index in [9.17, 15) is 18.0 Å². The molecule has 0 bridgehead atoms. The molecule has 1 saturated heterocycles. The zero-order chi connectivity index (χ0) is 18.3. The van der Waals surface area contributed by atoms with Crippen LogP contribution in [-0.4, -0.2) is 105 Å². The number of carbonyl (C=O) groups is 2. The number of rotatable bonds is 7. The van der Waals surface area contributed by atoms with Crippen molar-refractivity contribution in [3.8, 4) is 0 Å². The summed E-state index contributed by atoms with van der Waals surface area (Å²) in [4.78, 5) is 30.0. The number of hydrogen-bond donors (Lipinski definition) is 0. The number of likely N-dealkylation sites (N-methyl/N-ethyl adjacent to an activating group) is 2. The molecule has 0 spiro atoms. The van der Waals surface area contributed by atoms with Crippen LogP contribution < -0.4 is 0 Å². The summed E-state index contributed by atoms with van der Waals surface area (Å²) >= 11 is 0. The molecule has 0 unspecified atom stereocenters. The number of sulfonamides is 1. The summed E-state index contributed by atoms with van der Waals surface area (Å²) in [5.41, 5.74) is 0. The quantitative estimate of drug-likeness (QED) is 0.597. The SMILES string of the molecule is CCN(CC)C(=O)CN1CCCN(C(=O)CN(C)S(C)(=O)=O)CC1. The van der Waals surface area contributed by atoms with E-state index in [0.717, 1.165) is 23.5 Å². The van der Waals surface area contributed by atoms with E-state index in [1.54, 1.807) is 9.80 Å². The third-order valence-corrected chi connectivity index (χ3v) is 5.60. The van der Waals surface area contributed by atoms with Crippen LogP contribution >= 0.6 is 0 Å². The first-order chi connectivity index (χ1) is 11.2. The number of hydrogen-bond acceptors (Lipinski definition) is 5. The van der Waals surface area contributed by atoms with Gasteiger partial charge in [0.1, 0.15) is 0 Å². The molecule has 1 heterocycles. The standard InChI is InChI=1S/C15H30N4O4S/c1-5-18(6-2)15(21)13-17-8-7-9-19(11-10-17)14(20)12-16(3)24(4,22)23/h5-13H2,1-4H3. The largest absolute Gasteiger partial charge is 0.342 e. The van der Waals surface area contributed by atoms with Crippen molar-refractivity contribution in [2.24, 2.45) is 0 Å². The summed E-state index contributed by atoms with van der Waals surface area (Å²) in [7, 11) is -1.96. The van der Waals surface area contributed by atoms with Crippen LogP contribution in [0.3, 0.4) is 0 Å². The molecule has 1 fully saturated rings. The normalized spacial score (nSPS) is 17.0. The van der Waals surface area contributed by atoms with E-state index in [-0.39, 0.29) is 18.4 Å². The lowest BCUT2D eigenvalue weighted by Crippen LogP contribution is -2.44. The summed E-state index contributed by atoms with van der Waals surface area (Å²) in [5, 5.41) is 0. The lowest BCUT2D eigenvalue weighted by Gasteiger charge is -2.25. The predicted octanol–water partition coefficient (Wildman–Crippen LogP) is -0.719. The third-order valence-electron chi connectivity index (χ3n) is 4.34. The van der Waals surface area contributed by atoms with Crippen LogP contribution in [0, 0.1) is 0 Å². The van der Waals surface area contributed by atoms with Gasteiger partial charge in [-0.1, -0.05) is 0 Å². The molecule has 0 atom stereocenters. The van der Waals surface area contributed by atoms with E-state index in [1.165, 1.54) is 7.05 Å². The lowest BCUT2D eigenvalue weighted by molar-refractivity contribution is -0.132. The van der Waals surface area contributed by atoms with Gasteiger partial charge in [0.25, 0.3) is 0 Å². The Balaban J connectivity index is 2.53. The van der Waals surface area contributed by atoms with Gasteiger partial charge in [-0.05, 0) is 20.3 Å². The van der Waals surface area contributed by atoms with Gasteiger partial charge in [0.05, 0.1) is 19.3 Å². The Morgan fingerprint density at radius 2 is 1.67 bits per heavy atom. The number of nitrogens with zero attached hydrogens (tertiary/aromatic N) is 4. The second-order valence-corrected chi connectivity index (χ2v) is 8.18. The molecular formula is C15H30N4O4S. The van der Waals surface area contributed by atoms with Crippen molar-refractivity contribution in [3.63, 3.8) is 0 Å². The first-order valence-electron chi connectivity index (χ1n) is 8.38. The van der Waals surface area contributed by atoms with Gasteiger partial charge < -0.3 is 9.80 Å². The second-order valence-electron chi connectivity index (χ2n) is 6.10. The van der Waals surface area contributed by atoms with E-state index >= 15 is 0 Å². The maximum Gasteiger partial charge on any atom is 0.237 e. The van der Waals surface area contributed by atoms with Crippen LogP contribution in [0.1, 0.15) is 20.3 Å². The zero-order valence-corrected chi connectivity index (χ0v) is 16.0. The van der Waals surface area contributed by atoms with Crippen molar-refractivity contribution in [2.75, 3.05) is 65.7 Å². The third kappa shape index (κ3) is 6.37. The molecule has 1 aliphatic heterocycles. The Morgan fingerprint density at radius 1 is 1.04 bits per heavy atom. The fourth-order valence-corrected chi connectivity index (χ4v) is 3.00. The number of carbonyl (C=O) groups excluding carboxylic acids is 2. The van der Waals surface area contributed by atoms with Crippen LogP contribution in [-0.2, 0) is 19.6 Å². The maximum absolute atomic E-state index is 12.3. The molecule has 0 aromatic heterocycles. The molecule has 8 nitrogen and oxygen atoms in total. The fraction of sp³-hybridized carbons (Fsp3) is 0.867. The average Bonchev–Trinajstić information content (AvgIpc) is 2.73. The van der Waals surface area contributed by atoms with Crippen LogP contribution in [0.4, 0.5) is 0 Å². The first-order valence-corrected chi connectivity index (χ1v) is 10.2. The molecule has 2 amide bonds. The van der Waals surface area contributed by atoms with Crippen LogP contribution in [0.2, 0.25) is 0 Å². The summed E-state index contributed by atoms with van der Waals surface area (Å²) in [6.45, 7) is 8.04. The second kappa shape index (κ2) is 9.33. The highest BCUT2D eigenvalue weighted by Gasteiger charge is 2.24. The van der Waals surface area contributed by atoms with Gasteiger partial charge in [-0.3, -0.25) is 14.5 Å². The first kappa shape index (κ1) is 20.9. The van der Waals surface area contributed by atoms with Crippen molar-refractivity contribution in [2.45, 2.75) is 20.3 Å². The smallest absolute Gasteiger partial charge is 0.237 e. The molecule has 0 saturated carbocycles. The minimum absolute atomic E-state index is 0.108. The monoisotopic (exact) mass is 362 g/mol. The van der Waals surface area contributed by atoms with Crippen molar-refractivity contribution < 1.29 is 18.0 Å². The molecule has 140 valence electrons. The molecule has 0 N–H and O–H groups in total. The lowest BCUT2D eigenvalue weighted by atomic mass is 10.3. The molecule has 9 heteroatoms. The van der Waals surface area contributed by atoms with Gasteiger partial charge in [0.15, 0.2) is 0 Å². The van der Waals surface area contributed by atoms with Crippen molar-refractivity contribution in [3.05, 3.63) is 0 Å². The van der Waals surface area contributed by atoms with Crippen LogP contribution in [0.15, 0.2) is 0 Å². The fourth-order valence-electron chi connectivity index (χ4n) is 2.65. The van der Waals surface area contributed by atoms with E-state index in [0.29, 0.717) is 39.3 Å². The molecule has 1 rings (SSSR count). The van der Waals surface area contributed by atoms with Crippen LogP contribution in [0.5, 0.6) is 0 Å². The van der Waals surface area contributed by atoms with Crippen molar-refractivity contribution >= 4 is 21.8 Å². The summed E-state index contributed by atoms with van der Waals surface area (Å²) in [6.07, 6.45) is 1.86. The Bertz CT molecular complexity index is 534. The highest BCUT2D eigenvalue weighted by molar-refractivity contribution is 7.88. The predicted molar refractivity (Wildman–Crippen MR) is 93.0 cm³/mol. The van der Waals surface area contributed by atoms with Gasteiger partial charge in [-0.2, -0.15) is 4.31 Å². The van der Waals surface area contributed by atoms with E-state index in [1.807, 2.05) is 13.8 Å². The van der Waals surface area contributed by atoms with Gasteiger partial charge in [0, 0.05) is 46.3 Å². The molecular weight excluding hydrogens is 332 g/mol. The highest BCUT2D eigenvalue weighted by Crippen LogP contribution is 2.06. The number of amides is 2. The zero-order valence-electron chi connectivity index (χ0n) is 15.2. The molecule has 0 aromatic carbocycles. The molecule has 0 aliphatic carbocycles. The molecule has 1 aliphatic rings. The minimum atomic E-state index is -3.36. The van der Waals surface area contributed by atoms with E-state index in [2.05, 4.69) is 4.90 Å². The highest BCUT2D eigenvalue weighted by atomic mass is 32.2. The summed E-state index contributed by atoms with van der Waals surface area (Å²) in [6, 6.07) is 0. The van der Waals surface area contributed by atoms with Crippen molar-refractivity contribution in [1.29, 1.82) is 0 Å². The molecule has 0 aromatic rings. The van der Waals surface area contributed by atoms with Gasteiger partial charge in [-0.15, -0.1) is 0 Å². The van der Waals surface area contributed by atoms with E-state index in [4.69, 9.17) is 0 Å². The Hall–Kier alpha value is -1.19. The topological polar surface area (TPSA) is 81.2 Å². The molecule has 0 radical (unpaired) electrons. The minimum Gasteiger partial charge on any atom is -0.342 e. The maximum atomic E-state index is 12.3. The van der Waals surface area contributed by atoms with Gasteiger partial charge in [-0.25, -0.2) is 8.42 Å². The molecule has 24 heavy (non-hydrogen) atoms. The van der Waals surface area contributed by atoms with Gasteiger partial charge in [0.2, 0.25) is 21.8 Å².